The van der Waals surface area contributed by atoms with Gasteiger partial charge in [0.2, 0.25) is 0 Å². The number of fused-ring (bicyclic) bond motifs is 1. The van der Waals surface area contributed by atoms with E-state index in [-0.39, 0.29) is 4.75 Å². The lowest BCUT2D eigenvalue weighted by molar-refractivity contribution is 0.463. The van der Waals surface area contributed by atoms with Crippen molar-refractivity contribution in [1.29, 1.82) is 0 Å². The highest BCUT2D eigenvalue weighted by Gasteiger charge is 2.27. The molecule has 20 heavy (non-hydrogen) atoms. The van der Waals surface area contributed by atoms with Crippen LogP contribution in [0.5, 0.6) is 0 Å². The molecule has 0 N–H and O–H groups in total. The highest BCUT2D eigenvalue weighted by molar-refractivity contribution is 8.00. The zero-order chi connectivity index (χ0) is 14.6. The van der Waals surface area contributed by atoms with E-state index in [4.69, 9.17) is 16.6 Å². The molecule has 0 radical (unpaired) electrons. The Bertz CT molecular complexity index is 555. The van der Waals surface area contributed by atoms with Crippen molar-refractivity contribution in [2.24, 2.45) is 0 Å². The van der Waals surface area contributed by atoms with Crippen LogP contribution in [0.25, 0.3) is 11.2 Å². The summed E-state index contributed by atoms with van der Waals surface area (Å²) in [6, 6.07) is 3.96. The van der Waals surface area contributed by atoms with Gasteiger partial charge >= 0.3 is 0 Å². The molecule has 0 aromatic carbocycles. The lowest BCUT2D eigenvalue weighted by Crippen LogP contribution is -2.30. The minimum atomic E-state index is 0.242. The summed E-state index contributed by atoms with van der Waals surface area (Å²) in [5.41, 5.74) is 1.95. The van der Waals surface area contributed by atoms with Crippen molar-refractivity contribution >= 4 is 34.5 Å². The van der Waals surface area contributed by atoms with Crippen LogP contribution in [0, 0.1) is 0 Å². The van der Waals surface area contributed by atoms with Crippen LogP contribution in [0.15, 0.2) is 18.3 Å². The van der Waals surface area contributed by atoms with E-state index in [2.05, 4.69) is 29.7 Å². The molecule has 2 heterocycles. The van der Waals surface area contributed by atoms with E-state index in [1.807, 2.05) is 30.1 Å². The summed E-state index contributed by atoms with van der Waals surface area (Å²) in [5.74, 6) is 1.64. The molecule has 0 aliphatic rings. The maximum atomic E-state index is 5.93. The van der Waals surface area contributed by atoms with Gasteiger partial charge in [0.15, 0.2) is 5.65 Å². The average Bonchev–Trinajstić information content (AvgIpc) is 2.83. The number of aryl methyl sites for hydroxylation is 1. The normalized spacial score (nSPS) is 12.2. The first-order valence-electron chi connectivity index (χ1n) is 7.11. The number of aromatic nitrogens is 3. The summed E-state index contributed by atoms with van der Waals surface area (Å²) in [7, 11) is 0. The van der Waals surface area contributed by atoms with E-state index in [0.29, 0.717) is 5.88 Å². The molecule has 0 unspecified atom stereocenters. The molecule has 5 heteroatoms. The molecule has 0 saturated heterocycles. The van der Waals surface area contributed by atoms with Crippen LogP contribution in [-0.2, 0) is 13.0 Å². The van der Waals surface area contributed by atoms with Crippen molar-refractivity contribution in [2.75, 3.05) is 12.1 Å². The van der Waals surface area contributed by atoms with Crippen LogP contribution in [-0.4, -0.2) is 31.4 Å². The molecule has 0 aliphatic carbocycles. The molecule has 3 nitrogen and oxygen atoms in total. The van der Waals surface area contributed by atoms with Crippen molar-refractivity contribution in [3.63, 3.8) is 0 Å². The third-order valence-corrected chi connectivity index (χ3v) is 5.83. The Morgan fingerprint density at radius 2 is 2.10 bits per heavy atom. The molecule has 0 fully saturated rings. The third-order valence-electron chi connectivity index (χ3n) is 4.07. The SMILES string of the molecule is CCC(CC)(Cn1c(CCCl)nc2cccnc21)SC. The number of pyridine rings is 1. The van der Waals surface area contributed by atoms with Gasteiger partial charge in [0.1, 0.15) is 11.3 Å². The summed E-state index contributed by atoms with van der Waals surface area (Å²) in [6.07, 6.45) is 7.09. The van der Waals surface area contributed by atoms with Crippen molar-refractivity contribution in [1.82, 2.24) is 14.5 Å². The van der Waals surface area contributed by atoms with Crippen LogP contribution in [0.3, 0.4) is 0 Å². The molecule has 0 atom stereocenters. The van der Waals surface area contributed by atoms with Crippen molar-refractivity contribution in [3.8, 4) is 0 Å². The van der Waals surface area contributed by atoms with Crippen LogP contribution in [0.1, 0.15) is 32.5 Å². The quantitative estimate of drug-likeness (QED) is 0.720. The summed E-state index contributed by atoms with van der Waals surface area (Å²) in [6.45, 7) is 5.46. The van der Waals surface area contributed by atoms with E-state index in [9.17, 15) is 0 Å². The molecule has 0 bridgehead atoms. The first-order chi connectivity index (χ1) is 9.69. The van der Waals surface area contributed by atoms with Gasteiger partial charge in [-0.15, -0.1) is 11.6 Å². The maximum Gasteiger partial charge on any atom is 0.160 e. The van der Waals surface area contributed by atoms with E-state index < -0.39 is 0 Å². The van der Waals surface area contributed by atoms with Gasteiger partial charge in [-0.1, -0.05) is 13.8 Å². The summed E-state index contributed by atoms with van der Waals surface area (Å²) in [5, 5.41) is 0. The molecule has 0 aliphatic heterocycles. The smallest absolute Gasteiger partial charge is 0.160 e. The number of hydrogen-bond acceptors (Lipinski definition) is 3. The predicted molar refractivity (Wildman–Crippen MR) is 88.8 cm³/mol. The molecule has 0 saturated carbocycles. The minimum Gasteiger partial charge on any atom is -0.311 e. The maximum absolute atomic E-state index is 5.93. The fraction of sp³-hybridized carbons (Fsp3) is 0.600. The molecule has 110 valence electrons. The van der Waals surface area contributed by atoms with Gasteiger partial charge in [-0.25, -0.2) is 9.97 Å². The van der Waals surface area contributed by atoms with Gasteiger partial charge in [-0.05, 0) is 31.2 Å². The minimum absolute atomic E-state index is 0.242. The molecule has 0 spiro atoms. The van der Waals surface area contributed by atoms with Crippen molar-refractivity contribution < 1.29 is 0 Å². The summed E-state index contributed by atoms with van der Waals surface area (Å²) in [4.78, 5) is 9.22. The molecule has 2 rings (SSSR count). The van der Waals surface area contributed by atoms with E-state index in [1.54, 1.807) is 0 Å². The fourth-order valence-electron chi connectivity index (χ4n) is 2.56. The fourth-order valence-corrected chi connectivity index (χ4v) is 3.57. The van der Waals surface area contributed by atoms with Gasteiger partial charge < -0.3 is 4.57 Å². The Kier molecular flexibility index (Phi) is 5.33. The number of rotatable bonds is 7. The number of imidazole rings is 1. The number of hydrogen-bond donors (Lipinski definition) is 0. The lowest BCUT2D eigenvalue weighted by Gasteiger charge is -2.30. The highest BCUT2D eigenvalue weighted by Crippen LogP contribution is 2.33. The Labute approximate surface area is 130 Å². The topological polar surface area (TPSA) is 30.7 Å². The predicted octanol–water partition coefficient (Wildman–Crippen LogP) is 4.13. The van der Waals surface area contributed by atoms with Gasteiger partial charge in [0, 0.05) is 29.8 Å². The molecule has 0 amide bonds. The highest BCUT2D eigenvalue weighted by atomic mass is 35.5. The summed E-state index contributed by atoms with van der Waals surface area (Å²) >= 11 is 7.87. The Morgan fingerprint density at radius 1 is 1.35 bits per heavy atom. The monoisotopic (exact) mass is 311 g/mol. The number of thioether (sulfide) groups is 1. The van der Waals surface area contributed by atoms with Crippen LogP contribution < -0.4 is 0 Å². The average molecular weight is 312 g/mol. The van der Waals surface area contributed by atoms with Gasteiger partial charge in [0.25, 0.3) is 0 Å². The van der Waals surface area contributed by atoms with Crippen LogP contribution in [0.4, 0.5) is 0 Å². The molecular weight excluding hydrogens is 290 g/mol. The Morgan fingerprint density at radius 3 is 2.70 bits per heavy atom. The standard InChI is InChI=1S/C15H22ClN3S/c1-4-15(5-2,20-3)11-19-13(8-9-16)18-12-7-6-10-17-14(12)19/h6-7,10H,4-5,8-9,11H2,1-3H3. The van der Waals surface area contributed by atoms with Crippen molar-refractivity contribution in [2.45, 2.75) is 44.4 Å². The van der Waals surface area contributed by atoms with Gasteiger partial charge in [0.05, 0.1) is 0 Å². The van der Waals surface area contributed by atoms with E-state index in [0.717, 1.165) is 42.8 Å². The number of nitrogens with zero attached hydrogens (tertiary/aromatic N) is 3. The van der Waals surface area contributed by atoms with E-state index >= 15 is 0 Å². The molecule has 2 aromatic heterocycles. The second-order valence-electron chi connectivity index (χ2n) is 4.99. The zero-order valence-electron chi connectivity index (χ0n) is 12.4. The lowest BCUT2D eigenvalue weighted by atomic mass is 10.0. The van der Waals surface area contributed by atoms with Crippen molar-refractivity contribution in [3.05, 3.63) is 24.2 Å². The molecular formula is C15H22ClN3S. The van der Waals surface area contributed by atoms with Crippen LogP contribution in [0.2, 0.25) is 0 Å². The second kappa shape index (κ2) is 6.81. The Balaban J connectivity index is 2.48. The number of alkyl halides is 1. The van der Waals surface area contributed by atoms with Gasteiger partial charge in [-0.3, -0.25) is 0 Å². The largest absolute Gasteiger partial charge is 0.311 e. The number of halogens is 1. The van der Waals surface area contributed by atoms with Crippen LogP contribution >= 0.6 is 23.4 Å². The molecule has 2 aromatic rings. The Hall–Kier alpha value is -0.740. The second-order valence-corrected chi connectivity index (χ2v) is 6.65. The van der Waals surface area contributed by atoms with Gasteiger partial charge in [-0.2, -0.15) is 11.8 Å². The first kappa shape index (κ1) is 15.6. The van der Waals surface area contributed by atoms with E-state index in [1.165, 1.54) is 0 Å². The first-order valence-corrected chi connectivity index (χ1v) is 8.87. The third kappa shape index (κ3) is 2.96. The summed E-state index contributed by atoms with van der Waals surface area (Å²) < 4.78 is 2.51. The zero-order valence-corrected chi connectivity index (χ0v) is 14.0.